The molecule has 1 rings (SSSR count). The molecule has 16 heavy (non-hydrogen) atoms. The van der Waals surface area contributed by atoms with E-state index in [1.165, 1.54) is 18.2 Å². The predicted octanol–water partition coefficient (Wildman–Crippen LogP) is 0.0312. The standard InChI is InChI=1S/C6H8N2O4S.C2H6O/c7-4-1-2-5(8)6(3-4)12-13(9,10)11;1-2-3/h1-3H,7-8H2,(H,9,10,11);3H,2H2,1H3. The smallest absolute Gasteiger partial charge is 0.399 e. The Morgan fingerprint density at radius 1 is 1.38 bits per heavy atom. The molecule has 8 heteroatoms. The minimum Gasteiger partial charge on any atom is -0.399 e. The highest BCUT2D eigenvalue weighted by molar-refractivity contribution is 7.81. The normalized spacial score (nSPS) is 10.2. The van der Waals surface area contributed by atoms with Crippen LogP contribution in [-0.4, -0.2) is 24.7 Å². The minimum atomic E-state index is -4.55. The highest BCUT2D eigenvalue weighted by Crippen LogP contribution is 2.24. The van der Waals surface area contributed by atoms with E-state index >= 15 is 0 Å². The van der Waals surface area contributed by atoms with Gasteiger partial charge in [-0.2, -0.15) is 8.42 Å². The summed E-state index contributed by atoms with van der Waals surface area (Å²) in [6.45, 7) is 1.93. The number of rotatable bonds is 2. The second-order valence-corrected chi connectivity index (χ2v) is 3.65. The van der Waals surface area contributed by atoms with Crippen molar-refractivity contribution in [2.75, 3.05) is 18.1 Å². The van der Waals surface area contributed by atoms with Crippen molar-refractivity contribution in [2.45, 2.75) is 6.92 Å². The maximum Gasteiger partial charge on any atom is 0.446 e. The Bertz CT molecular complexity index is 432. The first kappa shape index (κ1) is 14.5. The van der Waals surface area contributed by atoms with Crippen LogP contribution in [0.5, 0.6) is 5.75 Å². The van der Waals surface area contributed by atoms with Gasteiger partial charge in [-0.3, -0.25) is 4.55 Å². The third-order valence-corrected chi connectivity index (χ3v) is 1.62. The highest BCUT2D eigenvalue weighted by atomic mass is 32.3. The first-order valence-electron chi connectivity index (χ1n) is 4.23. The monoisotopic (exact) mass is 250 g/mol. The third kappa shape index (κ3) is 6.06. The number of anilines is 2. The van der Waals surface area contributed by atoms with Crippen molar-refractivity contribution in [2.24, 2.45) is 0 Å². The minimum absolute atomic E-state index is 0.0758. The van der Waals surface area contributed by atoms with E-state index in [0.29, 0.717) is 0 Å². The maximum absolute atomic E-state index is 10.3. The van der Waals surface area contributed by atoms with Crippen LogP contribution >= 0.6 is 0 Å². The van der Waals surface area contributed by atoms with Gasteiger partial charge in [-0.25, -0.2) is 0 Å². The van der Waals surface area contributed by atoms with E-state index in [4.69, 9.17) is 21.1 Å². The van der Waals surface area contributed by atoms with Crippen LogP contribution < -0.4 is 15.7 Å². The highest BCUT2D eigenvalue weighted by Gasteiger charge is 2.09. The SMILES string of the molecule is CCO.Nc1ccc(N)c(OS(=O)(=O)O)c1. The van der Waals surface area contributed by atoms with Gasteiger partial charge in [-0.1, -0.05) is 0 Å². The molecule has 0 saturated heterocycles. The number of hydrogen-bond acceptors (Lipinski definition) is 6. The summed E-state index contributed by atoms with van der Waals surface area (Å²) in [5.74, 6) is -0.192. The maximum atomic E-state index is 10.3. The van der Waals surface area contributed by atoms with Crippen LogP contribution in [-0.2, 0) is 10.4 Å². The van der Waals surface area contributed by atoms with Gasteiger partial charge < -0.3 is 20.8 Å². The van der Waals surface area contributed by atoms with Crippen LogP contribution in [0.25, 0.3) is 0 Å². The van der Waals surface area contributed by atoms with E-state index in [0.717, 1.165) is 0 Å². The molecule has 0 bridgehead atoms. The number of aliphatic hydroxyl groups is 1. The fourth-order valence-corrected chi connectivity index (χ4v) is 1.11. The lowest BCUT2D eigenvalue weighted by Gasteiger charge is -2.04. The molecule has 0 heterocycles. The predicted molar refractivity (Wildman–Crippen MR) is 60.2 cm³/mol. The molecule has 1 aromatic carbocycles. The number of aliphatic hydroxyl groups excluding tert-OH is 1. The number of nitrogen functional groups attached to an aromatic ring is 2. The van der Waals surface area contributed by atoms with E-state index in [1.54, 1.807) is 6.92 Å². The molecular weight excluding hydrogens is 236 g/mol. The van der Waals surface area contributed by atoms with Gasteiger partial charge in [-0.15, -0.1) is 0 Å². The molecule has 0 saturated carbocycles. The first-order valence-corrected chi connectivity index (χ1v) is 5.59. The molecule has 92 valence electrons. The zero-order valence-corrected chi connectivity index (χ0v) is 9.44. The van der Waals surface area contributed by atoms with Crippen LogP contribution in [0.4, 0.5) is 11.4 Å². The lowest BCUT2D eigenvalue weighted by atomic mass is 10.3. The van der Waals surface area contributed by atoms with E-state index in [1.807, 2.05) is 0 Å². The Morgan fingerprint density at radius 3 is 2.31 bits per heavy atom. The van der Waals surface area contributed by atoms with Gasteiger partial charge in [0.25, 0.3) is 0 Å². The fourth-order valence-electron chi connectivity index (χ4n) is 0.737. The molecule has 0 aliphatic carbocycles. The lowest BCUT2D eigenvalue weighted by molar-refractivity contribution is 0.318. The molecule has 0 fully saturated rings. The van der Waals surface area contributed by atoms with Gasteiger partial charge in [0.1, 0.15) is 0 Å². The van der Waals surface area contributed by atoms with Crippen molar-refractivity contribution in [3.05, 3.63) is 18.2 Å². The summed E-state index contributed by atoms with van der Waals surface area (Å²) in [5.41, 5.74) is 11.0. The van der Waals surface area contributed by atoms with Crippen molar-refractivity contribution < 1.29 is 22.3 Å². The van der Waals surface area contributed by atoms with Crippen molar-refractivity contribution >= 4 is 21.8 Å². The van der Waals surface area contributed by atoms with E-state index < -0.39 is 10.4 Å². The van der Waals surface area contributed by atoms with Crippen molar-refractivity contribution in [3.8, 4) is 5.75 Å². The van der Waals surface area contributed by atoms with Gasteiger partial charge in [0.2, 0.25) is 0 Å². The molecule has 0 aromatic heterocycles. The Hall–Kier alpha value is -1.51. The molecule has 1 aromatic rings. The quantitative estimate of drug-likeness (QED) is 0.429. The molecule has 7 nitrogen and oxygen atoms in total. The number of nitrogens with two attached hydrogens (primary N) is 2. The van der Waals surface area contributed by atoms with Crippen LogP contribution in [0.1, 0.15) is 6.92 Å². The van der Waals surface area contributed by atoms with Gasteiger partial charge in [0.05, 0.1) is 5.69 Å². The van der Waals surface area contributed by atoms with Crippen LogP contribution in [0.3, 0.4) is 0 Å². The molecular formula is C8H14N2O5S. The van der Waals surface area contributed by atoms with Gasteiger partial charge in [0, 0.05) is 18.4 Å². The average molecular weight is 250 g/mol. The van der Waals surface area contributed by atoms with Crippen molar-refractivity contribution in [1.29, 1.82) is 0 Å². The second kappa shape index (κ2) is 6.16. The Labute approximate surface area is 93.6 Å². The molecule has 0 unspecified atom stereocenters. The van der Waals surface area contributed by atoms with Crippen molar-refractivity contribution in [1.82, 2.24) is 0 Å². The number of hydrogen-bond donors (Lipinski definition) is 4. The van der Waals surface area contributed by atoms with Crippen molar-refractivity contribution in [3.63, 3.8) is 0 Å². The van der Waals surface area contributed by atoms with E-state index in [2.05, 4.69) is 4.18 Å². The third-order valence-electron chi connectivity index (χ3n) is 1.23. The Kier molecular flexibility index (Phi) is 5.57. The van der Waals surface area contributed by atoms with Crippen LogP contribution in [0, 0.1) is 0 Å². The summed E-state index contributed by atoms with van der Waals surface area (Å²) in [6, 6.07) is 4.05. The second-order valence-electron chi connectivity index (χ2n) is 2.62. The summed E-state index contributed by atoms with van der Waals surface area (Å²) in [5, 5.41) is 7.57. The molecule has 0 amide bonds. The Morgan fingerprint density at radius 2 is 1.88 bits per heavy atom. The zero-order valence-electron chi connectivity index (χ0n) is 8.62. The zero-order chi connectivity index (χ0) is 12.8. The topological polar surface area (TPSA) is 136 Å². The van der Waals surface area contributed by atoms with Crippen LogP contribution in [0.2, 0.25) is 0 Å². The van der Waals surface area contributed by atoms with Gasteiger partial charge in [0.15, 0.2) is 5.75 Å². The number of benzene rings is 1. The Balaban J connectivity index is 0.000000673. The lowest BCUT2D eigenvalue weighted by Crippen LogP contribution is -2.08. The molecule has 0 spiro atoms. The van der Waals surface area contributed by atoms with E-state index in [9.17, 15) is 8.42 Å². The van der Waals surface area contributed by atoms with Gasteiger partial charge >= 0.3 is 10.4 Å². The first-order chi connectivity index (χ1) is 7.30. The summed E-state index contributed by atoms with van der Waals surface area (Å²) < 4.78 is 33.1. The fraction of sp³-hybridized carbons (Fsp3) is 0.250. The molecule has 0 aliphatic heterocycles. The molecule has 0 atom stereocenters. The molecule has 6 N–H and O–H groups in total. The summed E-state index contributed by atoms with van der Waals surface area (Å²) in [4.78, 5) is 0. The average Bonchev–Trinajstić information content (AvgIpc) is 2.10. The van der Waals surface area contributed by atoms with Crippen LogP contribution in [0.15, 0.2) is 18.2 Å². The molecule has 0 aliphatic rings. The summed E-state index contributed by atoms with van der Waals surface area (Å²) in [7, 11) is -4.55. The van der Waals surface area contributed by atoms with Gasteiger partial charge in [-0.05, 0) is 19.1 Å². The summed E-state index contributed by atoms with van der Waals surface area (Å²) >= 11 is 0. The summed E-state index contributed by atoms with van der Waals surface area (Å²) in [6.07, 6.45) is 0. The largest absolute Gasteiger partial charge is 0.446 e. The molecule has 0 radical (unpaired) electrons. The van der Waals surface area contributed by atoms with E-state index in [-0.39, 0.29) is 23.7 Å².